The highest BCUT2D eigenvalue weighted by molar-refractivity contribution is 7.19. The van der Waals surface area contributed by atoms with Crippen LogP contribution >= 0.6 is 11.3 Å². The molecule has 6 heteroatoms. The van der Waals surface area contributed by atoms with Gasteiger partial charge in [0.1, 0.15) is 16.4 Å². The molecule has 5 nitrogen and oxygen atoms in total. The number of rotatable bonds is 4. The normalized spacial score (nSPS) is 15.3. The number of likely N-dealkylation sites (tertiary alicyclic amines) is 1. The minimum atomic E-state index is 0.0607. The van der Waals surface area contributed by atoms with Crippen LogP contribution in [0.3, 0.4) is 0 Å². The smallest absolute Gasteiger partial charge is 0.263 e. The predicted molar refractivity (Wildman–Crippen MR) is 132 cm³/mol. The Balaban J connectivity index is 1.79. The number of ether oxygens (including phenoxy) is 1. The minimum absolute atomic E-state index is 0.0607. The largest absolute Gasteiger partial charge is 0.497 e. The Bertz CT molecular complexity index is 1320. The number of aryl methyl sites for hydroxylation is 1. The number of nitrogens with zero attached hydrogens (tertiary/aromatic N) is 3. The summed E-state index contributed by atoms with van der Waals surface area (Å²) in [6, 6.07) is 18.2. The van der Waals surface area contributed by atoms with Gasteiger partial charge < -0.3 is 9.64 Å². The van der Waals surface area contributed by atoms with Gasteiger partial charge in [0.15, 0.2) is 0 Å². The van der Waals surface area contributed by atoms with E-state index in [1.165, 1.54) is 0 Å². The molecule has 0 aliphatic carbocycles. The highest BCUT2D eigenvalue weighted by atomic mass is 32.1. The molecule has 0 radical (unpaired) electrons. The molecule has 2 aromatic carbocycles. The topological polar surface area (TPSA) is 47.4 Å². The van der Waals surface area contributed by atoms with E-state index in [9.17, 15) is 4.79 Å². The average Bonchev–Trinajstić information content (AvgIpc) is 3.16. The van der Waals surface area contributed by atoms with Crippen molar-refractivity contribution in [3.63, 3.8) is 0 Å². The lowest BCUT2D eigenvalue weighted by Crippen LogP contribution is -2.36. The van der Waals surface area contributed by atoms with Crippen LogP contribution in [0.15, 0.2) is 59.4 Å². The molecular weight excluding hydrogens is 418 g/mol. The average molecular weight is 446 g/mol. The molecular formula is C26H27N3O2S. The fraction of sp³-hybridized carbons (Fsp3) is 0.308. The highest BCUT2D eigenvalue weighted by Gasteiger charge is 2.26. The highest BCUT2D eigenvalue weighted by Crippen LogP contribution is 2.38. The van der Waals surface area contributed by atoms with Crippen LogP contribution in [0, 0.1) is 6.92 Å². The number of piperidine rings is 1. The van der Waals surface area contributed by atoms with Gasteiger partial charge in [0.25, 0.3) is 5.56 Å². The molecule has 0 spiro atoms. The first kappa shape index (κ1) is 20.9. The van der Waals surface area contributed by atoms with Crippen molar-refractivity contribution in [2.75, 3.05) is 27.2 Å². The van der Waals surface area contributed by atoms with Crippen molar-refractivity contribution in [3.8, 4) is 28.3 Å². The molecule has 0 bridgehead atoms. The molecule has 0 N–H and O–H groups in total. The van der Waals surface area contributed by atoms with E-state index in [1.807, 2.05) is 59.2 Å². The summed E-state index contributed by atoms with van der Waals surface area (Å²) in [5.41, 5.74) is 3.02. The summed E-state index contributed by atoms with van der Waals surface area (Å²) >= 11 is 1.59. The van der Waals surface area contributed by atoms with E-state index < -0.39 is 0 Å². The molecule has 2 aromatic heterocycles. The van der Waals surface area contributed by atoms with Crippen molar-refractivity contribution < 1.29 is 4.74 Å². The fourth-order valence-corrected chi connectivity index (χ4v) is 5.72. The lowest BCUT2D eigenvalue weighted by Gasteiger charge is -2.31. The number of fused-ring (bicyclic) bond motifs is 1. The Hall–Kier alpha value is -2.96. The van der Waals surface area contributed by atoms with Crippen molar-refractivity contribution in [3.05, 3.63) is 69.8 Å². The van der Waals surface area contributed by atoms with Gasteiger partial charge in [-0.15, -0.1) is 11.3 Å². The first-order valence-corrected chi connectivity index (χ1v) is 11.8. The summed E-state index contributed by atoms with van der Waals surface area (Å²) in [5, 5.41) is 0.722. The van der Waals surface area contributed by atoms with E-state index >= 15 is 0 Å². The van der Waals surface area contributed by atoms with Crippen LogP contribution in [0.4, 0.5) is 0 Å². The molecule has 1 fully saturated rings. The van der Waals surface area contributed by atoms with E-state index in [-0.39, 0.29) is 11.6 Å². The first-order chi connectivity index (χ1) is 15.6. The molecule has 3 heterocycles. The van der Waals surface area contributed by atoms with E-state index in [1.54, 1.807) is 18.4 Å². The number of hydrogen-bond acceptors (Lipinski definition) is 5. The Kier molecular flexibility index (Phi) is 5.57. The summed E-state index contributed by atoms with van der Waals surface area (Å²) in [4.78, 5) is 23.5. The van der Waals surface area contributed by atoms with Crippen molar-refractivity contribution in [1.82, 2.24) is 14.5 Å². The van der Waals surface area contributed by atoms with E-state index in [2.05, 4.69) is 18.9 Å². The van der Waals surface area contributed by atoms with Gasteiger partial charge in [-0.1, -0.05) is 42.5 Å². The maximum absolute atomic E-state index is 14.2. The second kappa shape index (κ2) is 8.52. The maximum atomic E-state index is 14.2. The van der Waals surface area contributed by atoms with Gasteiger partial charge in [0, 0.05) is 22.0 Å². The Morgan fingerprint density at radius 2 is 1.75 bits per heavy atom. The number of methoxy groups -OCH3 is 1. The zero-order valence-electron chi connectivity index (χ0n) is 18.7. The molecule has 0 unspecified atom stereocenters. The number of hydrogen-bond donors (Lipinski definition) is 0. The monoisotopic (exact) mass is 445 g/mol. The molecule has 0 amide bonds. The molecule has 4 aromatic rings. The zero-order chi connectivity index (χ0) is 22.2. The van der Waals surface area contributed by atoms with Crippen molar-refractivity contribution >= 4 is 21.6 Å². The number of aromatic nitrogens is 2. The van der Waals surface area contributed by atoms with Crippen LogP contribution in [0.25, 0.3) is 32.7 Å². The van der Waals surface area contributed by atoms with Gasteiger partial charge in [-0.25, -0.2) is 4.98 Å². The molecule has 5 rings (SSSR count). The minimum Gasteiger partial charge on any atom is -0.497 e. The van der Waals surface area contributed by atoms with Crippen LogP contribution in [0.2, 0.25) is 0 Å². The first-order valence-electron chi connectivity index (χ1n) is 11.0. The van der Waals surface area contributed by atoms with Crippen LogP contribution in [0.1, 0.15) is 23.8 Å². The van der Waals surface area contributed by atoms with Gasteiger partial charge in [-0.3, -0.25) is 9.36 Å². The molecule has 164 valence electrons. The second-order valence-electron chi connectivity index (χ2n) is 8.46. The van der Waals surface area contributed by atoms with Crippen molar-refractivity contribution in [2.45, 2.75) is 25.8 Å². The fourth-order valence-electron chi connectivity index (χ4n) is 4.68. The van der Waals surface area contributed by atoms with Crippen LogP contribution in [-0.4, -0.2) is 41.7 Å². The van der Waals surface area contributed by atoms with Crippen LogP contribution in [0.5, 0.6) is 5.75 Å². The lowest BCUT2D eigenvalue weighted by atomic mass is 10.0. The van der Waals surface area contributed by atoms with E-state index in [4.69, 9.17) is 9.72 Å². The zero-order valence-corrected chi connectivity index (χ0v) is 19.5. The van der Waals surface area contributed by atoms with Crippen molar-refractivity contribution in [2.24, 2.45) is 0 Å². The molecule has 1 aliphatic heterocycles. The summed E-state index contributed by atoms with van der Waals surface area (Å²) in [6.45, 7) is 4.03. The third kappa shape index (κ3) is 3.63. The lowest BCUT2D eigenvalue weighted by molar-refractivity contribution is 0.219. The van der Waals surface area contributed by atoms with Crippen LogP contribution < -0.4 is 10.3 Å². The molecule has 1 saturated heterocycles. The van der Waals surface area contributed by atoms with Gasteiger partial charge >= 0.3 is 0 Å². The molecule has 32 heavy (non-hydrogen) atoms. The Morgan fingerprint density at radius 1 is 1.03 bits per heavy atom. The standard InChI is InChI=1S/C26H27N3O2S/c1-17-22(19-10-7-11-21(16-19)31-3)23-25(32-17)27-24(18-8-5-4-6-9-18)29(26(23)30)20-12-14-28(2)15-13-20/h4-11,16,20H,12-15H2,1-3H3. The molecule has 0 saturated carbocycles. The Labute approximate surface area is 191 Å². The molecule has 0 atom stereocenters. The predicted octanol–water partition coefficient (Wildman–Crippen LogP) is 5.38. The van der Waals surface area contributed by atoms with E-state index in [0.29, 0.717) is 0 Å². The van der Waals surface area contributed by atoms with Gasteiger partial charge in [-0.05, 0) is 57.6 Å². The van der Waals surface area contributed by atoms with E-state index in [0.717, 1.165) is 69.3 Å². The SMILES string of the molecule is COc1cccc(-c2c(C)sc3nc(-c4ccccc4)n(C4CCN(C)CC4)c(=O)c23)c1. The van der Waals surface area contributed by atoms with Crippen LogP contribution in [-0.2, 0) is 0 Å². The summed E-state index contributed by atoms with van der Waals surface area (Å²) in [7, 11) is 3.81. The summed E-state index contributed by atoms with van der Waals surface area (Å²) in [5.74, 6) is 1.56. The third-order valence-electron chi connectivity index (χ3n) is 6.38. The third-order valence-corrected chi connectivity index (χ3v) is 7.38. The van der Waals surface area contributed by atoms with Gasteiger partial charge in [0.2, 0.25) is 0 Å². The Morgan fingerprint density at radius 3 is 2.47 bits per heavy atom. The maximum Gasteiger partial charge on any atom is 0.263 e. The number of thiophene rings is 1. The number of benzene rings is 2. The molecule has 1 aliphatic rings. The van der Waals surface area contributed by atoms with Crippen molar-refractivity contribution in [1.29, 1.82) is 0 Å². The quantitative estimate of drug-likeness (QED) is 0.423. The summed E-state index contributed by atoms with van der Waals surface area (Å²) < 4.78 is 7.41. The summed E-state index contributed by atoms with van der Waals surface area (Å²) in [6.07, 6.45) is 1.89. The van der Waals surface area contributed by atoms with Gasteiger partial charge in [0.05, 0.1) is 12.5 Å². The second-order valence-corrected chi connectivity index (χ2v) is 9.66. The van der Waals surface area contributed by atoms with Gasteiger partial charge in [-0.2, -0.15) is 0 Å².